The van der Waals surface area contributed by atoms with Crippen molar-refractivity contribution < 1.29 is 9.42 Å². The van der Waals surface area contributed by atoms with E-state index in [0.29, 0.717) is 23.1 Å². The van der Waals surface area contributed by atoms with Crippen molar-refractivity contribution in [2.45, 2.75) is 44.3 Å². The van der Waals surface area contributed by atoms with Crippen molar-refractivity contribution in [3.05, 3.63) is 59.7 Å². The highest BCUT2D eigenvalue weighted by Crippen LogP contribution is 2.40. The molecule has 132 valence electrons. The van der Waals surface area contributed by atoms with E-state index in [1.165, 1.54) is 18.4 Å². The first-order valence-electron chi connectivity index (χ1n) is 9.34. The Bertz CT molecular complexity index is 923. The van der Waals surface area contributed by atoms with Crippen LogP contribution in [0.1, 0.15) is 41.6 Å². The Morgan fingerprint density at radius 3 is 2.50 bits per heavy atom. The number of hydrogen-bond donors (Lipinski definition) is 0. The standard InChI is InChI=1S/C21H21N3O2/c25-21(15-6-9-19-20(12-15)23-26-22-19)16-10-17-7-8-18(11-16)24(17)13-14-4-2-1-3-5-14/h1-6,9,12,16-18H,7-8,10-11,13H2. The van der Waals surface area contributed by atoms with Crippen molar-refractivity contribution in [3.63, 3.8) is 0 Å². The van der Waals surface area contributed by atoms with Crippen molar-refractivity contribution in [1.29, 1.82) is 0 Å². The van der Waals surface area contributed by atoms with Gasteiger partial charge in [-0.1, -0.05) is 30.3 Å². The van der Waals surface area contributed by atoms with Crippen molar-refractivity contribution >= 4 is 16.8 Å². The predicted molar refractivity (Wildman–Crippen MR) is 97.7 cm³/mol. The van der Waals surface area contributed by atoms with Crippen LogP contribution in [-0.2, 0) is 6.54 Å². The van der Waals surface area contributed by atoms with E-state index in [9.17, 15) is 4.79 Å². The number of aromatic nitrogens is 2. The fourth-order valence-electron chi connectivity index (χ4n) is 4.71. The Hall–Kier alpha value is -2.53. The van der Waals surface area contributed by atoms with Crippen LogP contribution in [0, 0.1) is 5.92 Å². The third-order valence-corrected chi connectivity index (χ3v) is 6.00. The first-order valence-corrected chi connectivity index (χ1v) is 9.34. The minimum atomic E-state index is 0.108. The van der Waals surface area contributed by atoms with E-state index >= 15 is 0 Å². The van der Waals surface area contributed by atoms with Gasteiger partial charge in [0.2, 0.25) is 0 Å². The van der Waals surface area contributed by atoms with Gasteiger partial charge in [-0.15, -0.1) is 0 Å². The van der Waals surface area contributed by atoms with Gasteiger partial charge < -0.3 is 0 Å². The van der Waals surface area contributed by atoms with Crippen LogP contribution in [0.25, 0.3) is 11.0 Å². The van der Waals surface area contributed by atoms with E-state index in [4.69, 9.17) is 4.63 Å². The molecule has 2 saturated heterocycles. The van der Waals surface area contributed by atoms with Gasteiger partial charge >= 0.3 is 0 Å². The zero-order valence-electron chi connectivity index (χ0n) is 14.5. The SMILES string of the molecule is O=C(c1ccc2nonc2c1)C1CC2CCC(C1)N2Cc1ccccc1. The van der Waals surface area contributed by atoms with Crippen LogP contribution < -0.4 is 0 Å². The number of carbonyl (C=O) groups excluding carboxylic acids is 1. The Balaban J connectivity index is 1.33. The topological polar surface area (TPSA) is 59.2 Å². The van der Waals surface area contributed by atoms with Gasteiger partial charge in [0, 0.05) is 30.1 Å². The minimum absolute atomic E-state index is 0.108. The zero-order valence-corrected chi connectivity index (χ0v) is 14.5. The molecule has 1 aromatic heterocycles. The van der Waals surface area contributed by atoms with E-state index < -0.39 is 0 Å². The van der Waals surface area contributed by atoms with Crippen LogP contribution in [0.5, 0.6) is 0 Å². The molecule has 2 aliphatic heterocycles. The first-order chi connectivity index (χ1) is 12.8. The quantitative estimate of drug-likeness (QED) is 0.671. The molecule has 0 saturated carbocycles. The van der Waals surface area contributed by atoms with Crippen molar-refractivity contribution in [2.75, 3.05) is 0 Å². The molecule has 5 nitrogen and oxygen atoms in total. The average molecular weight is 347 g/mol. The highest BCUT2D eigenvalue weighted by molar-refractivity contribution is 6.00. The molecular formula is C21H21N3O2. The third kappa shape index (κ3) is 2.72. The number of carbonyl (C=O) groups is 1. The van der Waals surface area contributed by atoms with Crippen LogP contribution in [0.2, 0.25) is 0 Å². The van der Waals surface area contributed by atoms with Crippen molar-refractivity contribution in [3.8, 4) is 0 Å². The second-order valence-corrected chi connectivity index (χ2v) is 7.54. The van der Waals surface area contributed by atoms with Gasteiger partial charge in [0.05, 0.1) is 0 Å². The van der Waals surface area contributed by atoms with Gasteiger partial charge in [0.1, 0.15) is 11.0 Å². The lowest BCUT2D eigenvalue weighted by Crippen LogP contribution is -2.44. The van der Waals surface area contributed by atoms with E-state index in [0.717, 1.165) is 24.9 Å². The molecule has 3 heterocycles. The van der Waals surface area contributed by atoms with Crippen LogP contribution in [0.4, 0.5) is 0 Å². The van der Waals surface area contributed by atoms with E-state index in [2.05, 4.69) is 45.5 Å². The average Bonchev–Trinajstić information content (AvgIpc) is 3.22. The second kappa shape index (κ2) is 6.32. The van der Waals surface area contributed by atoms with Gasteiger partial charge in [0.15, 0.2) is 5.78 Å². The molecule has 2 aliphatic rings. The number of fused-ring (bicyclic) bond motifs is 3. The Kier molecular flexibility index (Phi) is 3.82. The monoisotopic (exact) mass is 347 g/mol. The van der Waals surface area contributed by atoms with Crippen LogP contribution in [0.15, 0.2) is 53.2 Å². The lowest BCUT2D eigenvalue weighted by Gasteiger charge is -2.38. The van der Waals surface area contributed by atoms with Gasteiger partial charge in [-0.2, -0.15) is 0 Å². The third-order valence-electron chi connectivity index (χ3n) is 6.00. The van der Waals surface area contributed by atoms with Gasteiger partial charge in [0.25, 0.3) is 0 Å². The molecule has 5 rings (SSSR count). The summed E-state index contributed by atoms with van der Waals surface area (Å²) < 4.78 is 4.74. The van der Waals surface area contributed by atoms with Crippen LogP contribution >= 0.6 is 0 Å². The van der Waals surface area contributed by atoms with Crippen LogP contribution in [-0.4, -0.2) is 33.1 Å². The molecule has 2 atom stereocenters. The molecule has 2 unspecified atom stereocenters. The summed E-state index contributed by atoms with van der Waals surface area (Å²) >= 11 is 0. The van der Waals surface area contributed by atoms with Crippen LogP contribution in [0.3, 0.4) is 0 Å². The molecule has 3 aromatic rings. The maximum absolute atomic E-state index is 13.1. The highest BCUT2D eigenvalue weighted by Gasteiger charge is 2.42. The number of nitrogens with zero attached hydrogens (tertiary/aromatic N) is 3. The summed E-state index contributed by atoms with van der Waals surface area (Å²) in [5.41, 5.74) is 3.44. The molecule has 2 fully saturated rings. The maximum Gasteiger partial charge on any atom is 0.166 e. The number of piperidine rings is 1. The smallest absolute Gasteiger partial charge is 0.166 e. The zero-order chi connectivity index (χ0) is 17.5. The minimum Gasteiger partial charge on any atom is -0.294 e. The normalized spacial score (nSPS) is 25.6. The summed E-state index contributed by atoms with van der Waals surface area (Å²) in [5.74, 6) is 0.350. The summed E-state index contributed by atoms with van der Waals surface area (Å²) in [7, 11) is 0. The molecule has 5 heteroatoms. The number of benzene rings is 2. The van der Waals surface area contributed by atoms with E-state index in [-0.39, 0.29) is 11.7 Å². The molecule has 0 radical (unpaired) electrons. The molecular weight excluding hydrogens is 326 g/mol. The first kappa shape index (κ1) is 15.7. The second-order valence-electron chi connectivity index (χ2n) is 7.54. The largest absolute Gasteiger partial charge is 0.294 e. The number of rotatable bonds is 4. The Morgan fingerprint density at radius 2 is 1.73 bits per heavy atom. The molecule has 26 heavy (non-hydrogen) atoms. The highest BCUT2D eigenvalue weighted by atomic mass is 16.6. The molecule has 2 bridgehead atoms. The number of Topliss-reactive ketones (excluding diaryl/α,β-unsaturated/α-hetero) is 1. The summed E-state index contributed by atoms with van der Waals surface area (Å²) in [6.07, 6.45) is 4.32. The molecule has 0 aliphatic carbocycles. The lowest BCUT2D eigenvalue weighted by molar-refractivity contribution is 0.0678. The van der Waals surface area contributed by atoms with Crippen molar-refractivity contribution in [1.82, 2.24) is 15.2 Å². The Labute approximate surface area is 152 Å². The molecule has 0 spiro atoms. The van der Waals surface area contributed by atoms with Crippen molar-refractivity contribution in [2.24, 2.45) is 5.92 Å². The maximum atomic E-state index is 13.1. The predicted octanol–water partition coefficient (Wildman–Crippen LogP) is 3.85. The summed E-state index contributed by atoms with van der Waals surface area (Å²) in [6.45, 7) is 0.994. The van der Waals surface area contributed by atoms with E-state index in [1.807, 2.05) is 18.2 Å². The van der Waals surface area contributed by atoms with Gasteiger partial charge in [-0.05, 0) is 59.8 Å². The summed E-state index contributed by atoms with van der Waals surface area (Å²) in [6, 6.07) is 17.2. The molecule has 0 N–H and O–H groups in total. The number of ketones is 1. The van der Waals surface area contributed by atoms with E-state index in [1.54, 1.807) is 0 Å². The fraction of sp³-hybridized carbons (Fsp3) is 0.381. The Morgan fingerprint density at radius 1 is 1.00 bits per heavy atom. The van der Waals surface area contributed by atoms with Gasteiger partial charge in [-0.25, -0.2) is 4.63 Å². The number of hydrogen-bond acceptors (Lipinski definition) is 5. The lowest BCUT2D eigenvalue weighted by atomic mass is 9.84. The molecule has 2 aromatic carbocycles. The molecule has 0 amide bonds. The summed E-state index contributed by atoms with van der Waals surface area (Å²) in [5, 5.41) is 7.67. The summed E-state index contributed by atoms with van der Waals surface area (Å²) in [4.78, 5) is 15.7. The van der Waals surface area contributed by atoms with Gasteiger partial charge in [-0.3, -0.25) is 9.69 Å². The fourth-order valence-corrected chi connectivity index (χ4v) is 4.71.